The van der Waals surface area contributed by atoms with Crippen LogP contribution in [0.2, 0.25) is 0 Å². The van der Waals surface area contributed by atoms with Gasteiger partial charge in [-0.3, -0.25) is 4.79 Å². The van der Waals surface area contributed by atoms with E-state index >= 15 is 0 Å². The first-order valence-electron chi connectivity index (χ1n) is 22.6. The Kier molecular flexibility index (Phi) is 20.3. The average molecular weight is 873 g/mol. The van der Waals surface area contributed by atoms with Crippen molar-refractivity contribution >= 4 is 62.6 Å². The Labute approximate surface area is 371 Å². The van der Waals surface area contributed by atoms with Crippen LogP contribution in [0.3, 0.4) is 0 Å². The molecule has 0 bridgehead atoms. The molecular weight excluding hydrogens is 805 g/mol. The van der Waals surface area contributed by atoms with Crippen molar-refractivity contribution in [1.82, 2.24) is 5.32 Å². The van der Waals surface area contributed by atoms with Crippen molar-refractivity contribution in [1.29, 1.82) is 0 Å². The molecule has 5 aromatic heterocycles. The second-order valence-electron chi connectivity index (χ2n) is 16.0. The van der Waals surface area contributed by atoms with Gasteiger partial charge in [0.25, 0.3) is 6.04 Å². The molecule has 8 heteroatoms. The summed E-state index contributed by atoms with van der Waals surface area (Å²) in [6, 6.07) is 16.4. The first-order valence-corrected chi connectivity index (χ1v) is 26.7. The normalized spacial score (nSPS) is 12.0. The molecule has 1 N–H and O–H groups in total. The minimum Gasteiger partial charge on any atom is -0.349 e. The van der Waals surface area contributed by atoms with Gasteiger partial charge in [0.05, 0.1) is 0 Å². The number of unbranched alkanes of at least 4 members (excludes halogenated alkanes) is 12. The predicted octanol–water partition coefficient (Wildman–Crippen LogP) is 17.1. The molecule has 1 atom stereocenters. The smallest absolute Gasteiger partial charge is 0.302 e. The first kappa shape index (κ1) is 46.5. The maximum atomic E-state index is 12.2. The van der Waals surface area contributed by atoms with Crippen molar-refractivity contribution in [3.8, 4) is 39.0 Å². The van der Waals surface area contributed by atoms with Crippen LogP contribution in [0.5, 0.6) is 0 Å². The Bertz CT molecular complexity index is 2000. The molecule has 314 valence electrons. The lowest BCUT2D eigenvalue weighted by atomic mass is 10.0. The summed E-state index contributed by atoms with van der Waals surface area (Å²) in [7, 11) is 0. The van der Waals surface area contributed by atoms with Gasteiger partial charge in [-0.2, -0.15) is 0 Å². The van der Waals surface area contributed by atoms with Crippen LogP contribution >= 0.6 is 56.7 Å². The molecule has 5 rings (SSSR count). The summed E-state index contributed by atoms with van der Waals surface area (Å²) in [6.45, 7) is 18.6. The molecule has 5 heterocycles. The zero-order valence-corrected chi connectivity index (χ0v) is 40.2. The molecule has 3 nitrogen and oxygen atoms in total. The fraction of sp³-hybridized carbons (Fsp3) is 0.560. The maximum Gasteiger partial charge on any atom is 0.302 e. The summed E-state index contributed by atoms with van der Waals surface area (Å²) in [4.78, 5) is 29.9. The van der Waals surface area contributed by atoms with E-state index in [-0.39, 0.29) is 5.91 Å². The molecule has 0 radical (unpaired) electrons. The van der Waals surface area contributed by atoms with E-state index in [0.29, 0.717) is 6.54 Å². The van der Waals surface area contributed by atoms with E-state index in [4.69, 9.17) is 6.57 Å². The van der Waals surface area contributed by atoms with E-state index in [2.05, 4.69) is 103 Å². The van der Waals surface area contributed by atoms with Crippen LogP contribution in [0.1, 0.15) is 164 Å². The lowest BCUT2D eigenvalue weighted by Crippen LogP contribution is -2.32. The van der Waals surface area contributed by atoms with Gasteiger partial charge >= 0.3 is 5.91 Å². The number of aryl methyl sites for hydroxylation is 4. The molecule has 0 saturated carbocycles. The van der Waals surface area contributed by atoms with Crippen LogP contribution in [0, 0.1) is 6.57 Å². The number of carbonyl (C=O) groups is 1. The molecule has 0 aliphatic carbocycles. The number of hydrogen-bond donors (Lipinski definition) is 1. The first-order chi connectivity index (χ1) is 28.4. The summed E-state index contributed by atoms with van der Waals surface area (Å²) in [5.74, 6) is -0.182. The topological polar surface area (TPSA) is 33.5 Å². The maximum absolute atomic E-state index is 12.2. The number of nitrogens with zero attached hydrogens (tertiary/aromatic N) is 1. The second kappa shape index (κ2) is 25.3. The van der Waals surface area contributed by atoms with Gasteiger partial charge in [0.1, 0.15) is 0 Å². The van der Waals surface area contributed by atoms with Crippen molar-refractivity contribution in [3.63, 3.8) is 0 Å². The van der Waals surface area contributed by atoms with E-state index in [1.165, 1.54) is 165 Å². The Balaban J connectivity index is 1.48. The highest BCUT2D eigenvalue weighted by Gasteiger charge is 2.22. The fourth-order valence-electron chi connectivity index (χ4n) is 7.56. The molecular formula is C50H68N2OS5. The third-order valence-corrected chi connectivity index (χ3v) is 17.6. The van der Waals surface area contributed by atoms with Crippen molar-refractivity contribution in [2.75, 3.05) is 6.54 Å². The summed E-state index contributed by atoms with van der Waals surface area (Å²) in [6.07, 6.45) is 26.1. The minimum atomic E-state index is -0.632. The zero-order chi connectivity index (χ0) is 41.1. The van der Waals surface area contributed by atoms with E-state index in [0.717, 1.165) is 19.3 Å². The largest absolute Gasteiger partial charge is 0.349 e. The van der Waals surface area contributed by atoms with Crippen molar-refractivity contribution in [2.45, 2.75) is 175 Å². The molecule has 0 fully saturated rings. The summed E-state index contributed by atoms with van der Waals surface area (Å²) >= 11 is 10.00. The average Bonchev–Trinajstić information content (AvgIpc) is 4.08. The highest BCUT2D eigenvalue weighted by molar-refractivity contribution is 7.30. The van der Waals surface area contributed by atoms with Crippen LogP contribution in [0.15, 0.2) is 42.5 Å². The summed E-state index contributed by atoms with van der Waals surface area (Å²) < 4.78 is 0. The van der Waals surface area contributed by atoms with Gasteiger partial charge in [0, 0.05) is 62.2 Å². The number of thiophene rings is 5. The third-order valence-electron chi connectivity index (χ3n) is 11.1. The number of rotatable bonds is 28. The van der Waals surface area contributed by atoms with Crippen LogP contribution in [-0.2, 0) is 36.9 Å². The van der Waals surface area contributed by atoms with Gasteiger partial charge in [-0.1, -0.05) is 105 Å². The highest BCUT2D eigenvalue weighted by Crippen LogP contribution is 2.50. The highest BCUT2D eigenvalue weighted by atomic mass is 32.1. The van der Waals surface area contributed by atoms with Gasteiger partial charge in [-0.05, 0) is 117 Å². The van der Waals surface area contributed by atoms with Crippen LogP contribution in [0.4, 0.5) is 0 Å². The number of amides is 1. The van der Waals surface area contributed by atoms with Crippen molar-refractivity contribution in [2.24, 2.45) is 0 Å². The summed E-state index contributed by atoms with van der Waals surface area (Å²) in [5, 5.41) is 2.94. The Morgan fingerprint density at radius 2 is 0.931 bits per heavy atom. The van der Waals surface area contributed by atoms with Crippen LogP contribution in [-0.4, -0.2) is 18.5 Å². The molecule has 0 aromatic carbocycles. The molecule has 5 aromatic rings. The molecule has 0 spiro atoms. The Morgan fingerprint density at radius 3 is 1.43 bits per heavy atom. The van der Waals surface area contributed by atoms with E-state index in [9.17, 15) is 4.79 Å². The lowest BCUT2D eigenvalue weighted by molar-refractivity contribution is -0.121. The number of hydrogen-bond acceptors (Lipinski definition) is 6. The van der Waals surface area contributed by atoms with E-state index in [1.807, 2.05) is 34.0 Å². The fourth-order valence-corrected chi connectivity index (χ4v) is 13.7. The number of nitrogens with one attached hydrogen (secondary N) is 1. The SMILES string of the molecule is [C-]#[N+]C(C)C(=O)NCCc1ccc(-c2cc(CCCCCC)c(-c3cc(CCCCCC)c(-c4cc(CCCCCC)c(-c5ccc(CCCCCC)s5)s4)s3)s2)s1. The Hall–Kier alpha value is -2.54. The van der Waals surface area contributed by atoms with E-state index in [1.54, 1.807) is 22.9 Å². The molecule has 0 aliphatic heterocycles. The van der Waals surface area contributed by atoms with Crippen molar-refractivity contribution in [3.05, 3.63) is 80.3 Å². The molecule has 1 unspecified atom stereocenters. The van der Waals surface area contributed by atoms with Crippen LogP contribution < -0.4 is 5.32 Å². The van der Waals surface area contributed by atoms with Crippen LogP contribution in [0.25, 0.3) is 43.9 Å². The number of carbonyl (C=O) groups excluding carboxylic acids is 1. The standard InChI is InChI=1S/C50H68N2OS5/c1-7-11-15-19-23-37-33-44(42-29-27-41(54-42)31-32-52-50(53)36(5)51-6)56-48(37)45-35-39(25-21-17-13-9-3)49(58-45)46-34-38(24-20-16-12-8-2)47(57-46)43-30-28-40(55-43)26-22-18-14-10-4/h27-30,33-36H,7-26,31-32H2,1-5H3,(H,52,53). The second-order valence-corrected chi connectivity index (χ2v) is 21.5. The zero-order valence-electron chi connectivity index (χ0n) is 36.1. The molecule has 0 saturated heterocycles. The van der Waals surface area contributed by atoms with Gasteiger partial charge in [-0.15, -0.1) is 56.7 Å². The lowest BCUT2D eigenvalue weighted by Gasteiger charge is -2.02. The molecule has 1 amide bonds. The van der Waals surface area contributed by atoms with E-state index < -0.39 is 6.04 Å². The van der Waals surface area contributed by atoms with Crippen molar-refractivity contribution < 1.29 is 4.79 Å². The molecule has 0 aliphatic rings. The molecule has 58 heavy (non-hydrogen) atoms. The van der Waals surface area contributed by atoms with Gasteiger partial charge in [-0.25, -0.2) is 6.57 Å². The third kappa shape index (κ3) is 13.7. The Morgan fingerprint density at radius 1 is 0.517 bits per heavy atom. The summed E-state index contributed by atoms with van der Waals surface area (Å²) in [5.41, 5.74) is 4.61. The predicted molar refractivity (Wildman–Crippen MR) is 262 cm³/mol. The minimum absolute atomic E-state index is 0.182. The monoisotopic (exact) mass is 872 g/mol. The van der Waals surface area contributed by atoms with Gasteiger partial charge < -0.3 is 10.2 Å². The van der Waals surface area contributed by atoms with Gasteiger partial charge in [0.2, 0.25) is 0 Å². The quantitative estimate of drug-likeness (QED) is 0.0394. The van der Waals surface area contributed by atoms with Gasteiger partial charge in [0.15, 0.2) is 0 Å².